The molecule has 1 N–H and O–H groups in total. The Kier molecular flexibility index (Phi) is 3.72. The van der Waals surface area contributed by atoms with Crippen molar-refractivity contribution in [2.75, 3.05) is 5.32 Å². The number of carbonyl (C=O) groups is 1. The molecule has 0 saturated carbocycles. The Labute approximate surface area is 151 Å². The first-order valence-corrected chi connectivity index (χ1v) is 8.67. The van der Waals surface area contributed by atoms with Gasteiger partial charge in [0, 0.05) is 27.8 Å². The van der Waals surface area contributed by atoms with E-state index in [1.54, 1.807) is 12.3 Å². The van der Waals surface area contributed by atoms with E-state index in [0.717, 1.165) is 22.0 Å². The number of carbonyl (C=O) groups excluding carboxylic acids is 1. The Hall–Kier alpha value is -2.47. The number of aromatic nitrogens is 1. The minimum absolute atomic E-state index is 0.0784. The minimum Gasteiger partial charge on any atom is -0.343 e. The molecule has 126 valence electrons. The van der Waals surface area contributed by atoms with Gasteiger partial charge in [-0.3, -0.25) is 9.59 Å². The topological polar surface area (TPSA) is 51.1 Å². The van der Waals surface area contributed by atoms with Crippen molar-refractivity contribution >= 4 is 38.4 Å². The smallest absolute Gasteiger partial charge is 0.261 e. The van der Waals surface area contributed by atoms with Gasteiger partial charge in [0.05, 0.1) is 5.52 Å². The van der Waals surface area contributed by atoms with Crippen LogP contribution in [-0.4, -0.2) is 10.5 Å². The van der Waals surface area contributed by atoms with Crippen LogP contribution in [0.3, 0.4) is 0 Å². The Morgan fingerprint density at radius 2 is 2.00 bits per heavy atom. The van der Waals surface area contributed by atoms with Gasteiger partial charge in [-0.25, -0.2) is 4.39 Å². The maximum atomic E-state index is 13.0. The summed E-state index contributed by atoms with van der Waals surface area (Å²) in [5.74, 6) is -0.883. The molecule has 3 aromatic rings. The zero-order valence-electron chi connectivity index (χ0n) is 13.3. The highest BCUT2D eigenvalue weighted by Crippen LogP contribution is 2.33. The number of hydrogen-bond acceptors (Lipinski definition) is 2. The highest BCUT2D eigenvalue weighted by Gasteiger charge is 2.25. The van der Waals surface area contributed by atoms with Gasteiger partial charge in [0.15, 0.2) is 0 Å². The molecule has 1 aliphatic rings. The van der Waals surface area contributed by atoms with Crippen LogP contribution in [0.2, 0.25) is 0 Å². The summed E-state index contributed by atoms with van der Waals surface area (Å²) in [6.45, 7) is 2.06. The van der Waals surface area contributed by atoms with E-state index < -0.39 is 5.91 Å². The molecule has 0 aliphatic carbocycles. The summed E-state index contributed by atoms with van der Waals surface area (Å²) in [5.41, 5.74) is 2.20. The van der Waals surface area contributed by atoms with Crippen LogP contribution in [0.15, 0.2) is 51.9 Å². The van der Waals surface area contributed by atoms with Crippen LogP contribution in [0.1, 0.15) is 28.9 Å². The third-order valence-electron chi connectivity index (χ3n) is 4.51. The quantitative estimate of drug-likeness (QED) is 0.697. The fourth-order valence-electron chi connectivity index (χ4n) is 3.35. The van der Waals surface area contributed by atoms with Crippen LogP contribution in [0.25, 0.3) is 10.9 Å². The molecule has 2 heterocycles. The van der Waals surface area contributed by atoms with Crippen molar-refractivity contribution in [1.29, 1.82) is 0 Å². The average Bonchev–Trinajstić information content (AvgIpc) is 2.88. The Morgan fingerprint density at radius 1 is 1.28 bits per heavy atom. The molecule has 4 rings (SSSR count). The van der Waals surface area contributed by atoms with E-state index in [2.05, 4.69) is 28.2 Å². The van der Waals surface area contributed by atoms with Gasteiger partial charge in [-0.2, -0.15) is 0 Å². The SMILES string of the molecule is CC1Cc2cc(Br)cc3c(=O)c(C(=O)Nc4ccc(F)cc4)cn1c23. The number of halogens is 2. The summed E-state index contributed by atoms with van der Waals surface area (Å²) in [6.07, 6.45) is 2.44. The molecule has 1 aliphatic heterocycles. The summed E-state index contributed by atoms with van der Waals surface area (Å²) in [4.78, 5) is 25.5. The number of pyridine rings is 1. The molecule has 1 atom stereocenters. The normalized spacial score (nSPS) is 15.6. The van der Waals surface area contributed by atoms with Gasteiger partial charge >= 0.3 is 0 Å². The lowest BCUT2D eigenvalue weighted by Crippen LogP contribution is -2.23. The van der Waals surface area contributed by atoms with Crippen molar-refractivity contribution in [2.24, 2.45) is 0 Å². The van der Waals surface area contributed by atoms with Crippen molar-refractivity contribution < 1.29 is 9.18 Å². The molecule has 0 radical (unpaired) electrons. The molecule has 1 unspecified atom stereocenters. The summed E-state index contributed by atoms with van der Waals surface area (Å²) in [7, 11) is 0. The average molecular weight is 401 g/mol. The van der Waals surface area contributed by atoms with Gasteiger partial charge < -0.3 is 9.88 Å². The van der Waals surface area contributed by atoms with E-state index >= 15 is 0 Å². The Balaban J connectivity index is 1.83. The fourth-order valence-corrected chi connectivity index (χ4v) is 3.86. The maximum absolute atomic E-state index is 13.0. The van der Waals surface area contributed by atoms with Gasteiger partial charge in [-0.15, -0.1) is 0 Å². The highest BCUT2D eigenvalue weighted by atomic mass is 79.9. The number of rotatable bonds is 2. The van der Waals surface area contributed by atoms with E-state index in [9.17, 15) is 14.0 Å². The fraction of sp³-hybridized carbons (Fsp3) is 0.158. The molecule has 1 aromatic heterocycles. The molecule has 25 heavy (non-hydrogen) atoms. The van der Waals surface area contributed by atoms with Crippen LogP contribution in [0.4, 0.5) is 10.1 Å². The van der Waals surface area contributed by atoms with Crippen LogP contribution < -0.4 is 10.7 Å². The molecule has 2 aromatic carbocycles. The maximum Gasteiger partial charge on any atom is 0.261 e. The number of nitrogens with zero attached hydrogens (tertiary/aromatic N) is 1. The third kappa shape index (κ3) is 2.66. The first kappa shape index (κ1) is 16.0. The van der Waals surface area contributed by atoms with Crippen molar-refractivity contribution in [2.45, 2.75) is 19.4 Å². The second-order valence-electron chi connectivity index (χ2n) is 6.25. The van der Waals surface area contributed by atoms with Gasteiger partial charge in [-0.1, -0.05) is 15.9 Å². The molecule has 6 heteroatoms. The van der Waals surface area contributed by atoms with E-state index in [4.69, 9.17) is 0 Å². The van der Waals surface area contributed by atoms with Gasteiger partial charge in [0.1, 0.15) is 11.4 Å². The summed E-state index contributed by atoms with van der Waals surface area (Å²) in [6, 6.07) is 9.38. The number of nitrogens with one attached hydrogen (secondary N) is 1. The molecule has 0 spiro atoms. The van der Waals surface area contributed by atoms with Gasteiger partial charge in [-0.05, 0) is 55.3 Å². The van der Waals surface area contributed by atoms with Crippen molar-refractivity contribution in [1.82, 2.24) is 4.57 Å². The summed E-state index contributed by atoms with van der Waals surface area (Å²) < 4.78 is 15.8. The monoisotopic (exact) mass is 400 g/mol. The largest absolute Gasteiger partial charge is 0.343 e. The van der Waals surface area contributed by atoms with Crippen molar-refractivity contribution in [3.05, 3.63) is 74.2 Å². The molecule has 4 nitrogen and oxygen atoms in total. The van der Waals surface area contributed by atoms with E-state index in [0.29, 0.717) is 11.1 Å². The van der Waals surface area contributed by atoms with Crippen molar-refractivity contribution in [3.8, 4) is 0 Å². The lowest BCUT2D eigenvalue weighted by molar-refractivity contribution is 0.102. The molecule has 0 bridgehead atoms. The first-order chi connectivity index (χ1) is 11.9. The molecule has 1 amide bonds. The lowest BCUT2D eigenvalue weighted by Gasteiger charge is -2.13. The molecular formula is C19H14BrFN2O2. The number of amides is 1. The number of hydrogen-bond donors (Lipinski definition) is 1. The minimum atomic E-state index is -0.497. The van der Waals surface area contributed by atoms with Crippen LogP contribution in [-0.2, 0) is 6.42 Å². The van der Waals surface area contributed by atoms with E-state index in [-0.39, 0.29) is 22.9 Å². The number of benzene rings is 2. The highest BCUT2D eigenvalue weighted by molar-refractivity contribution is 9.10. The first-order valence-electron chi connectivity index (χ1n) is 7.88. The van der Waals surface area contributed by atoms with E-state index in [1.807, 2.05) is 10.6 Å². The molecular weight excluding hydrogens is 387 g/mol. The zero-order valence-corrected chi connectivity index (χ0v) is 14.9. The predicted octanol–water partition coefficient (Wildman–Crippen LogP) is 4.27. The molecule has 0 fully saturated rings. The summed E-state index contributed by atoms with van der Waals surface area (Å²) >= 11 is 3.44. The third-order valence-corrected chi connectivity index (χ3v) is 4.96. The zero-order chi connectivity index (χ0) is 17.7. The number of anilines is 1. The van der Waals surface area contributed by atoms with Crippen LogP contribution >= 0.6 is 15.9 Å². The van der Waals surface area contributed by atoms with Crippen molar-refractivity contribution in [3.63, 3.8) is 0 Å². The van der Waals surface area contributed by atoms with Crippen LogP contribution in [0.5, 0.6) is 0 Å². The molecule has 0 saturated heterocycles. The van der Waals surface area contributed by atoms with Gasteiger partial charge in [0.25, 0.3) is 5.91 Å². The van der Waals surface area contributed by atoms with Gasteiger partial charge in [0.2, 0.25) is 5.43 Å². The van der Waals surface area contributed by atoms with E-state index in [1.165, 1.54) is 24.3 Å². The second-order valence-corrected chi connectivity index (χ2v) is 7.17. The predicted molar refractivity (Wildman–Crippen MR) is 98.7 cm³/mol. The summed E-state index contributed by atoms with van der Waals surface area (Å²) in [5, 5.41) is 3.19. The second kappa shape index (κ2) is 5.81. The Bertz CT molecular complexity index is 1070. The van der Waals surface area contributed by atoms with Crippen LogP contribution in [0, 0.1) is 5.82 Å². The Morgan fingerprint density at radius 3 is 2.72 bits per heavy atom. The lowest BCUT2D eigenvalue weighted by atomic mass is 10.1. The standard InChI is InChI=1S/C19H14BrFN2O2/c1-10-6-11-7-12(20)8-15-17(11)23(10)9-16(18(15)24)19(25)22-14-4-2-13(21)3-5-14/h2-5,7-10H,6H2,1H3,(H,22,25).